The van der Waals surface area contributed by atoms with Gasteiger partial charge in [0, 0.05) is 19.3 Å². The van der Waals surface area contributed by atoms with Gasteiger partial charge in [-0.2, -0.15) is 0 Å². The first kappa shape index (κ1) is 58.9. The minimum absolute atomic E-state index is 0.0722. The van der Waals surface area contributed by atoms with Crippen LogP contribution in [0.2, 0.25) is 0 Å². The summed E-state index contributed by atoms with van der Waals surface area (Å²) in [6, 6.07) is 0. The predicted octanol–water partition coefficient (Wildman–Crippen LogP) is 17.5. The fourth-order valence-corrected chi connectivity index (χ4v) is 7.89. The van der Waals surface area contributed by atoms with Crippen molar-refractivity contribution in [2.24, 2.45) is 0 Å². The number of unbranched alkanes of at least 4 members (excludes halogenated alkanes) is 34. The van der Waals surface area contributed by atoms with Gasteiger partial charge in [0.1, 0.15) is 13.2 Å². The third-order valence-electron chi connectivity index (χ3n) is 12.0. The second kappa shape index (κ2) is 50.5. The van der Waals surface area contributed by atoms with Gasteiger partial charge < -0.3 is 14.2 Å². The molecule has 0 aromatic carbocycles. The minimum atomic E-state index is -0.772. The van der Waals surface area contributed by atoms with Crippen LogP contribution in [0.1, 0.15) is 290 Å². The minimum Gasteiger partial charge on any atom is -0.462 e. The lowest BCUT2D eigenvalue weighted by Gasteiger charge is -2.18. The summed E-state index contributed by atoms with van der Waals surface area (Å²) >= 11 is 0. The predicted molar refractivity (Wildman–Crippen MR) is 261 cm³/mol. The highest BCUT2D eigenvalue weighted by molar-refractivity contribution is 5.71. The third kappa shape index (κ3) is 48.8. The van der Waals surface area contributed by atoms with Crippen molar-refractivity contribution >= 4 is 17.9 Å². The lowest BCUT2D eigenvalue weighted by Crippen LogP contribution is -2.30. The standard InChI is InChI=1S/C55H102O6/c1-4-7-10-13-16-19-21-23-25-26-27-28-30-31-33-36-39-42-45-48-54(57)60-51-52(50-59-53(56)47-44-41-38-35-18-15-12-9-6-3)61-55(58)49-46-43-40-37-34-32-29-24-22-20-17-14-11-8-5-2/h17,20,24,29,52H,4-16,18-19,21-23,25-28,30-51H2,1-3H3/b20-17-,29-24-/t52-/m1/s1. The first-order chi connectivity index (χ1) is 30.0. The Morgan fingerprint density at radius 1 is 0.328 bits per heavy atom. The molecule has 0 unspecified atom stereocenters. The molecule has 0 N–H and O–H groups in total. The van der Waals surface area contributed by atoms with E-state index in [9.17, 15) is 14.4 Å². The molecule has 6 nitrogen and oxygen atoms in total. The monoisotopic (exact) mass is 859 g/mol. The summed E-state index contributed by atoms with van der Waals surface area (Å²) in [6.07, 6.45) is 57.4. The molecular weight excluding hydrogens is 757 g/mol. The summed E-state index contributed by atoms with van der Waals surface area (Å²) in [5.41, 5.74) is 0. The second-order valence-electron chi connectivity index (χ2n) is 18.2. The van der Waals surface area contributed by atoms with E-state index in [2.05, 4.69) is 45.1 Å². The van der Waals surface area contributed by atoms with Gasteiger partial charge >= 0.3 is 17.9 Å². The van der Waals surface area contributed by atoms with Crippen LogP contribution in [0.5, 0.6) is 0 Å². The van der Waals surface area contributed by atoms with Crippen LogP contribution in [0.4, 0.5) is 0 Å². The Labute approximate surface area is 379 Å². The van der Waals surface area contributed by atoms with E-state index in [0.29, 0.717) is 19.3 Å². The molecule has 0 fully saturated rings. The number of rotatable bonds is 49. The van der Waals surface area contributed by atoms with Gasteiger partial charge in [-0.3, -0.25) is 14.4 Å². The Kier molecular flexibility index (Phi) is 48.8. The zero-order valence-corrected chi connectivity index (χ0v) is 40.9. The lowest BCUT2D eigenvalue weighted by atomic mass is 10.0. The van der Waals surface area contributed by atoms with Crippen LogP contribution in [0, 0.1) is 0 Å². The summed E-state index contributed by atoms with van der Waals surface area (Å²) in [6.45, 7) is 6.62. The maximum Gasteiger partial charge on any atom is 0.306 e. The molecule has 0 aromatic rings. The van der Waals surface area contributed by atoms with Crippen molar-refractivity contribution in [2.75, 3.05) is 13.2 Å². The van der Waals surface area contributed by atoms with E-state index in [1.54, 1.807) is 0 Å². The molecule has 358 valence electrons. The molecular formula is C55H102O6. The molecule has 0 heterocycles. The third-order valence-corrected chi connectivity index (χ3v) is 12.0. The fourth-order valence-electron chi connectivity index (χ4n) is 7.89. The zero-order valence-electron chi connectivity index (χ0n) is 40.9. The van der Waals surface area contributed by atoms with Gasteiger partial charge in [-0.1, -0.05) is 244 Å². The summed E-state index contributed by atoms with van der Waals surface area (Å²) in [5.74, 6) is -0.874. The van der Waals surface area contributed by atoms with Crippen molar-refractivity contribution in [3.63, 3.8) is 0 Å². The first-order valence-electron chi connectivity index (χ1n) is 26.8. The zero-order chi connectivity index (χ0) is 44.4. The van der Waals surface area contributed by atoms with E-state index in [1.165, 1.54) is 173 Å². The fraction of sp³-hybridized carbons (Fsp3) is 0.873. The number of hydrogen-bond donors (Lipinski definition) is 0. The molecule has 0 spiro atoms. The lowest BCUT2D eigenvalue weighted by molar-refractivity contribution is -0.167. The second-order valence-corrected chi connectivity index (χ2v) is 18.2. The summed E-state index contributed by atoms with van der Waals surface area (Å²) < 4.78 is 16.8. The highest BCUT2D eigenvalue weighted by atomic mass is 16.6. The number of esters is 3. The van der Waals surface area contributed by atoms with E-state index in [0.717, 1.165) is 77.0 Å². The first-order valence-corrected chi connectivity index (χ1v) is 26.8. The van der Waals surface area contributed by atoms with Crippen molar-refractivity contribution in [1.82, 2.24) is 0 Å². The van der Waals surface area contributed by atoms with Crippen LogP contribution >= 0.6 is 0 Å². The van der Waals surface area contributed by atoms with Gasteiger partial charge in [0.15, 0.2) is 6.10 Å². The van der Waals surface area contributed by atoms with Crippen LogP contribution in [0.25, 0.3) is 0 Å². The van der Waals surface area contributed by atoms with E-state index in [4.69, 9.17) is 14.2 Å². The molecule has 0 aliphatic heterocycles. The summed E-state index contributed by atoms with van der Waals surface area (Å²) in [5, 5.41) is 0. The van der Waals surface area contributed by atoms with E-state index in [-0.39, 0.29) is 31.1 Å². The molecule has 1 atom stereocenters. The van der Waals surface area contributed by atoms with Crippen LogP contribution in [0.15, 0.2) is 24.3 Å². The molecule has 0 saturated carbocycles. The number of carbonyl (C=O) groups is 3. The van der Waals surface area contributed by atoms with Gasteiger partial charge in [0.2, 0.25) is 0 Å². The number of hydrogen-bond acceptors (Lipinski definition) is 6. The molecule has 6 heteroatoms. The van der Waals surface area contributed by atoms with Gasteiger partial charge in [-0.15, -0.1) is 0 Å². The molecule has 0 rings (SSSR count). The highest BCUT2D eigenvalue weighted by Gasteiger charge is 2.19. The average molecular weight is 859 g/mol. The summed E-state index contributed by atoms with van der Waals surface area (Å²) in [4.78, 5) is 37.9. The van der Waals surface area contributed by atoms with Crippen molar-refractivity contribution in [1.29, 1.82) is 0 Å². The molecule has 0 saturated heterocycles. The van der Waals surface area contributed by atoms with Crippen LogP contribution in [-0.2, 0) is 28.6 Å². The van der Waals surface area contributed by atoms with Crippen LogP contribution < -0.4 is 0 Å². The maximum absolute atomic E-state index is 12.8. The van der Waals surface area contributed by atoms with Crippen LogP contribution in [-0.4, -0.2) is 37.2 Å². The molecule has 0 bridgehead atoms. The van der Waals surface area contributed by atoms with Crippen molar-refractivity contribution in [2.45, 2.75) is 297 Å². The molecule has 0 aliphatic carbocycles. The van der Waals surface area contributed by atoms with Crippen molar-refractivity contribution in [3.05, 3.63) is 24.3 Å². The van der Waals surface area contributed by atoms with E-state index in [1.807, 2.05) is 0 Å². The van der Waals surface area contributed by atoms with E-state index >= 15 is 0 Å². The average Bonchev–Trinajstić information content (AvgIpc) is 3.26. The maximum atomic E-state index is 12.8. The van der Waals surface area contributed by atoms with Crippen molar-refractivity contribution in [3.8, 4) is 0 Å². The van der Waals surface area contributed by atoms with Gasteiger partial charge in [0.25, 0.3) is 0 Å². The Bertz CT molecular complexity index is 989. The topological polar surface area (TPSA) is 78.9 Å². The van der Waals surface area contributed by atoms with Gasteiger partial charge in [-0.25, -0.2) is 0 Å². The number of allylic oxidation sites excluding steroid dienone is 4. The normalized spacial score (nSPS) is 12.1. The highest BCUT2D eigenvalue weighted by Crippen LogP contribution is 2.16. The largest absolute Gasteiger partial charge is 0.462 e. The molecule has 0 amide bonds. The molecule has 0 aliphatic rings. The molecule has 0 radical (unpaired) electrons. The quantitative estimate of drug-likeness (QED) is 0.0262. The number of carbonyl (C=O) groups excluding carboxylic acids is 3. The van der Waals surface area contributed by atoms with Crippen LogP contribution in [0.3, 0.4) is 0 Å². The smallest absolute Gasteiger partial charge is 0.306 e. The summed E-state index contributed by atoms with van der Waals surface area (Å²) in [7, 11) is 0. The molecule has 61 heavy (non-hydrogen) atoms. The Balaban J connectivity index is 4.26. The Morgan fingerprint density at radius 3 is 0.934 bits per heavy atom. The van der Waals surface area contributed by atoms with E-state index < -0.39 is 6.10 Å². The Hall–Kier alpha value is -2.11. The number of ether oxygens (including phenoxy) is 3. The van der Waals surface area contributed by atoms with Gasteiger partial charge in [0.05, 0.1) is 0 Å². The SMILES string of the molecule is CCCCC/C=C\C/C=C\CCCCCCCC(=O)O[C@H](COC(=O)CCCCCCCCCCC)COC(=O)CCCCCCCCCCCCCCCCCCCCC. The van der Waals surface area contributed by atoms with Crippen molar-refractivity contribution < 1.29 is 28.6 Å². The van der Waals surface area contributed by atoms with Gasteiger partial charge in [-0.05, 0) is 51.4 Å². The molecule has 0 aromatic heterocycles. The Morgan fingerprint density at radius 2 is 0.590 bits per heavy atom.